The van der Waals surface area contributed by atoms with Crippen molar-refractivity contribution in [2.45, 2.75) is 218 Å². The first-order chi connectivity index (χ1) is 64.6. The average molecular weight is 1930 g/mol. The van der Waals surface area contributed by atoms with Crippen LogP contribution in [0, 0.1) is 0 Å². The third-order valence-electron chi connectivity index (χ3n) is 25.2. The summed E-state index contributed by atoms with van der Waals surface area (Å²) in [5.41, 5.74) is 11.3. The molecule has 6 aliphatic heterocycles. The molecule has 10 aliphatic rings. The molecule has 5 fully saturated rings. The largest absolute Gasteiger partial charge is 0.507 e. The highest BCUT2D eigenvalue weighted by atomic mass is 35.5. The molecule has 136 heavy (non-hydrogen) atoms. The average Bonchev–Trinajstić information content (AvgIpc) is 1.11. The van der Waals surface area contributed by atoms with Gasteiger partial charge in [0, 0.05) is 108 Å². The van der Waals surface area contributed by atoms with Gasteiger partial charge in [-0.2, -0.15) is 18.9 Å². The summed E-state index contributed by atoms with van der Waals surface area (Å²) in [6.45, 7) is 1.85. The zero-order valence-corrected chi connectivity index (χ0v) is 73.5. The van der Waals surface area contributed by atoms with Gasteiger partial charge in [0.2, 0.25) is 35.8 Å². The maximum absolute atomic E-state index is 14.2. The number of halogens is 2. The fourth-order valence-electron chi connectivity index (χ4n) is 18.0. The number of imidazole rings is 2. The number of hydrogen-bond acceptors (Lipinski definition) is 42. The van der Waals surface area contributed by atoms with Gasteiger partial charge in [0.05, 0.1) is 117 Å². The number of Topliss-reactive ketones (excluding diaryl/α,β-unsaturated/α-hetero) is 2. The van der Waals surface area contributed by atoms with Crippen molar-refractivity contribution in [3.05, 3.63) is 156 Å². The smallest absolute Gasteiger partial charge is 0.499 e. The Morgan fingerprint density at radius 2 is 1.17 bits per heavy atom. The lowest BCUT2D eigenvalue weighted by molar-refractivity contribution is -0.779. The minimum atomic E-state index is -2.24. The number of anilines is 3. The molecular formula is C86H102ClFN14O34+2. The number of H-pyrrole nitrogens is 2. The first kappa shape index (κ1) is 101. The number of rotatable bonds is 17. The van der Waals surface area contributed by atoms with Crippen molar-refractivity contribution < 1.29 is 177 Å². The summed E-state index contributed by atoms with van der Waals surface area (Å²) >= 11 is 5.98. The predicted octanol–water partition coefficient (Wildman–Crippen LogP) is -4.30. The number of aliphatic imine (C=N–C) groups is 1. The third-order valence-corrected chi connectivity index (χ3v) is 25.5. The number of aromatic hydroxyl groups is 4. The summed E-state index contributed by atoms with van der Waals surface area (Å²) in [6.07, 6.45) is -16.4. The van der Waals surface area contributed by atoms with Gasteiger partial charge in [0.1, 0.15) is 120 Å². The zero-order chi connectivity index (χ0) is 98.6. The molecular weight excluding hydrogens is 1830 g/mol. The first-order valence-electron chi connectivity index (χ1n) is 42.8. The number of carbonyl (C=O) groups is 7. The highest BCUT2D eigenvalue weighted by Gasteiger charge is 2.55. The maximum atomic E-state index is 14.2. The summed E-state index contributed by atoms with van der Waals surface area (Å²) in [5.74, 6) is -6.72. The number of aliphatic hydroxyl groups is 14. The van der Waals surface area contributed by atoms with E-state index in [1.165, 1.54) is 66.9 Å². The van der Waals surface area contributed by atoms with E-state index in [0.29, 0.717) is 23.4 Å². The summed E-state index contributed by atoms with van der Waals surface area (Å²) < 4.78 is 62.9. The Morgan fingerprint density at radius 3 is 1.67 bits per heavy atom. The molecule has 0 spiro atoms. The number of amides is 1. The SMILES string of the molecule is CCC(=O)Nc1cc[n+]([C@@H]2O[C@H](CO)[C@@H](O)[C@@H]2O)c(=O)[nH]1.COc1cccc2c1C(=O)c1c(O)c3c(c(O)c1C2=O)C[C@@](O)(C(=O)CO)C[C@@H]3O[C@H]1C[C@H](N)[C@H](O)[C@H](C)O1.C[C@@H]1O[C@@H](O[C@H]2C[C@](O)(C(=O)CO)Cc3c(O)c4c(c(O)c32)C(=O)c2ccccc2C4=O)C[C@H](N)[C@@H]1O.Nc1nc(Cl)[n+]([C@@H]2O[C@H](CO)[C@@H](O)[C@@H]2F)c2nc[nH]c12.OC[C@H]1O[C@@H](n2cnc3c2NC=NC[C@H]3O)C[C@@H]1O. The van der Waals surface area contributed by atoms with Gasteiger partial charge in [-0.25, -0.2) is 9.37 Å². The maximum Gasteiger partial charge on any atom is 0.499 e. The highest BCUT2D eigenvalue weighted by Crippen LogP contribution is 2.55. The molecule has 0 bridgehead atoms. The van der Waals surface area contributed by atoms with Gasteiger partial charge in [-0.1, -0.05) is 53.3 Å². The van der Waals surface area contributed by atoms with E-state index in [2.05, 4.69) is 40.5 Å². The topological polar surface area (TPSA) is 772 Å². The van der Waals surface area contributed by atoms with E-state index in [9.17, 15) is 119 Å². The normalized spacial score (nSPS) is 30.5. The van der Waals surface area contributed by atoms with Crippen LogP contribution >= 0.6 is 11.6 Å². The van der Waals surface area contributed by atoms with Gasteiger partial charge < -0.3 is 157 Å². The van der Waals surface area contributed by atoms with Crippen LogP contribution < -0.4 is 47.4 Å². The highest BCUT2D eigenvalue weighted by molar-refractivity contribution is 6.32. The van der Waals surface area contributed by atoms with Crippen LogP contribution in [-0.4, -0.2) is 324 Å². The third kappa shape index (κ3) is 18.8. The van der Waals surface area contributed by atoms with Crippen LogP contribution in [0.2, 0.25) is 5.28 Å². The van der Waals surface area contributed by atoms with Crippen LogP contribution in [0.15, 0.2) is 77.2 Å². The molecule has 48 nitrogen and oxygen atoms in total. The number of aliphatic hydroxyl groups excluding tert-OH is 12. The zero-order valence-electron chi connectivity index (χ0n) is 72.7. The molecule has 732 valence electrons. The van der Waals surface area contributed by atoms with Crippen LogP contribution in [0.3, 0.4) is 0 Å². The van der Waals surface area contributed by atoms with Crippen LogP contribution in [0.5, 0.6) is 28.7 Å². The number of alkyl halides is 1. The first-order valence-corrected chi connectivity index (χ1v) is 43.2. The van der Waals surface area contributed by atoms with Crippen molar-refractivity contribution in [2.24, 2.45) is 16.5 Å². The van der Waals surface area contributed by atoms with E-state index >= 15 is 0 Å². The number of hydrogen-bond donors (Lipinski definition) is 25. The van der Waals surface area contributed by atoms with E-state index < -0.39 is 284 Å². The summed E-state index contributed by atoms with van der Waals surface area (Å²) in [7, 11) is 1.32. The lowest BCUT2D eigenvalue weighted by atomic mass is 9.72. The van der Waals surface area contributed by atoms with E-state index in [0.717, 1.165) is 4.57 Å². The fraction of sp³-hybridized carbons (Fsp3) is 0.488. The Kier molecular flexibility index (Phi) is 30.1. The number of nitrogens with zero attached hydrogens (tertiary/aromatic N) is 7. The molecule has 50 heteroatoms. The molecule has 5 saturated heterocycles. The summed E-state index contributed by atoms with van der Waals surface area (Å²) in [4.78, 5) is 123. The van der Waals surface area contributed by atoms with Crippen molar-refractivity contribution >= 4 is 87.2 Å². The number of phenols is 4. The lowest BCUT2D eigenvalue weighted by Crippen LogP contribution is -2.58. The Hall–Kier alpha value is -11.4. The molecule has 4 aliphatic carbocycles. The number of nitrogens with two attached hydrogens (primary N) is 3. The van der Waals surface area contributed by atoms with Crippen molar-refractivity contribution in [3.63, 3.8) is 0 Å². The lowest BCUT2D eigenvalue weighted by Gasteiger charge is -2.42. The molecule has 10 heterocycles. The van der Waals surface area contributed by atoms with E-state index in [1.54, 1.807) is 43.8 Å². The van der Waals surface area contributed by atoms with Gasteiger partial charge in [0.15, 0.2) is 59.5 Å². The molecule has 24 atom stereocenters. The Morgan fingerprint density at radius 1 is 0.647 bits per heavy atom. The molecule has 1 amide bonds. The number of carbonyl (C=O) groups excluding carboxylic acids is 7. The number of methoxy groups -OCH3 is 1. The minimum Gasteiger partial charge on any atom is -0.507 e. The van der Waals surface area contributed by atoms with Crippen LogP contribution in [0.1, 0.15) is 188 Å². The fourth-order valence-corrected chi connectivity index (χ4v) is 18.2. The quantitative estimate of drug-likeness (QED) is 0.0233. The Balaban J connectivity index is 0.000000141. The summed E-state index contributed by atoms with van der Waals surface area (Å²) in [6, 6.07) is 10.3. The van der Waals surface area contributed by atoms with Gasteiger partial charge in [-0.05, 0) is 31.5 Å². The Labute approximate surface area is 772 Å². The van der Waals surface area contributed by atoms with Crippen molar-refractivity contribution in [2.75, 3.05) is 63.1 Å². The molecule has 4 aromatic heterocycles. The standard InChI is InChI=1S/C27H29NO11.C26H27NO10.C12H17N3O6.C11H16N4O4.C10H11ClFN5O3/c1-10-22(31)13(28)6-17(38-10)39-15-8-27(36,16(30)9-29)7-12-19(15)26(35)21-20(24(12)33)23(32)11-4-3-5-14(37-2)18(11)25(21)34;1-10-21(30)14(27)6-17(36-10)37-15-8-26(35,16(29)9-28)7-13-18(15)25(34)20-19(24(13)33)22(31)11-4-2-3-5-12(11)23(20)32;1-2-8(17)13-7-3-4-15(12(20)14-7)11-10(19)9(18)6(5-16)21-11;16-3-8-6(17)1-9(19-8)15-5-14-10-7(18)2-12-4-13-11(10)15;11-10-16-7(13)5-8(15-2-14-5)17(10)9-4(12)6(19)3(1-18)20-9/h3-5,10,13,15,17,22,29,31,33,35-36H,6-9,28H2,1-2H3;2-5,10,14-15,17,21,28,30,33-35H,6-9,27H2,1H3;3-4,6,9-11,16,18-19H,2,5H2,1H3,(H,13,14,17,20);4-9,16-18H,1-3H2,(H,12,13);2-4,6,9,18-19H,1H2,(H2,13,14,15)/p+2/t10-,13-,15-,17-,22+,27-;10-,14-,15-,17-,21+,26-;6-,9-,10+,11-;6-,7+,8+,9+;3-,4+,6-,9-/m00101/s1. The minimum absolute atomic E-state index is 0.0173. The molecule has 0 unspecified atom stereocenters. The van der Waals surface area contributed by atoms with E-state index in [-0.39, 0.29) is 111 Å². The second-order valence-electron chi connectivity index (χ2n) is 33.8. The van der Waals surface area contributed by atoms with Crippen molar-refractivity contribution in [1.82, 2.24) is 29.5 Å². The summed E-state index contributed by atoms with van der Waals surface area (Å²) in [5, 5.41) is 188. The molecule has 28 N–H and O–H groups in total. The number of aromatic amines is 2. The number of nitrogens with one attached hydrogen (secondary N) is 4. The number of nitrogen functional groups attached to an aromatic ring is 1. The number of fused-ring (bicyclic) bond motifs is 8. The number of ketones is 6. The predicted molar refractivity (Wildman–Crippen MR) is 457 cm³/mol. The second kappa shape index (κ2) is 40.7. The number of ether oxygens (including phenoxy) is 8. The Bertz CT molecular complexity index is 6010. The number of phenolic OH excluding ortho intramolecular Hbond substituents is 4. The van der Waals surface area contributed by atoms with Gasteiger partial charge in [0.25, 0.3) is 5.65 Å². The monoisotopic (exact) mass is 1930 g/mol. The second-order valence-corrected chi connectivity index (χ2v) is 34.1. The van der Waals surface area contributed by atoms with Crippen LogP contribution in [0.25, 0.3) is 11.2 Å². The van der Waals surface area contributed by atoms with Gasteiger partial charge >= 0.3 is 11.0 Å². The number of aromatic nitrogens is 8. The molecule has 8 aromatic rings. The van der Waals surface area contributed by atoms with Gasteiger partial charge in [-0.15, -0.1) is 0 Å². The van der Waals surface area contributed by atoms with E-state index in [4.69, 9.17) is 82.0 Å². The van der Waals surface area contributed by atoms with Crippen molar-refractivity contribution in [3.8, 4) is 28.7 Å². The van der Waals surface area contributed by atoms with E-state index in [1.807, 2.05) is 0 Å². The van der Waals surface area contributed by atoms with Crippen LogP contribution in [-0.2, 0) is 60.4 Å². The molecule has 0 radical (unpaired) electrons. The molecule has 0 saturated carbocycles. The van der Waals surface area contributed by atoms with Crippen LogP contribution in [0.4, 0.5) is 21.8 Å². The van der Waals surface area contributed by atoms with Gasteiger partial charge in [-0.3, -0.25) is 48.4 Å². The molecule has 18 rings (SSSR count). The number of benzene rings is 4. The molecule has 4 aromatic carbocycles. The van der Waals surface area contributed by atoms with Crippen molar-refractivity contribution in [1.29, 1.82) is 0 Å².